The van der Waals surface area contributed by atoms with E-state index < -0.39 is 6.04 Å². The fraction of sp³-hybridized carbons (Fsp3) is 0.259. The van der Waals surface area contributed by atoms with Crippen LogP contribution in [0.25, 0.3) is 0 Å². The maximum atomic E-state index is 13.6. The Morgan fingerprint density at radius 3 is 2.15 bits per heavy atom. The fourth-order valence-corrected chi connectivity index (χ4v) is 3.78. The lowest BCUT2D eigenvalue weighted by atomic mass is 10.0. The van der Waals surface area contributed by atoms with Crippen molar-refractivity contribution >= 4 is 23.4 Å². The molecule has 3 aromatic carbocycles. The van der Waals surface area contributed by atoms with Crippen LogP contribution in [0.1, 0.15) is 23.6 Å². The van der Waals surface area contributed by atoms with Gasteiger partial charge in [0.1, 0.15) is 11.8 Å². The molecule has 0 fully saturated rings. The second-order valence-corrected chi connectivity index (χ2v) is 8.21. The lowest BCUT2D eigenvalue weighted by Crippen LogP contribution is -2.50. The summed E-state index contributed by atoms with van der Waals surface area (Å²) in [6.45, 7) is 2.67. The summed E-state index contributed by atoms with van der Waals surface area (Å²) >= 11 is 6.05. The quantitative estimate of drug-likeness (QED) is 0.474. The van der Waals surface area contributed by atoms with Gasteiger partial charge >= 0.3 is 0 Å². The van der Waals surface area contributed by atoms with E-state index in [1.807, 2.05) is 73.7 Å². The van der Waals surface area contributed by atoms with Crippen LogP contribution in [-0.4, -0.2) is 36.4 Å². The van der Waals surface area contributed by atoms with Crippen molar-refractivity contribution in [2.75, 3.05) is 13.7 Å². The van der Waals surface area contributed by atoms with E-state index in [0.717, 1.165) is 22.4 Å². The van der Waals surface area contributed by atoms with Gasteiger partial charge in [0, 0.05) is 24.5 Å². The summed E-state index contributed by atoms with van der Waals surface area (Å²) in [5.41, 5.74) is 2.76. The SMILES string of the molecule is CCNC(=O)[C@@H](Cc1ccccc1)N(Cc1ccc(Cl)cc1)C(=O)Cc1ccc(OC)cc1. The summed E-state index contributed by atoms with van der Waals surface area (Å²) in [5.74, 6) is 0.439. The molecule has 0 bridgehead atoms. The molecule has 0 aliphatic rings. The normalized spacial score (nSPS) is 11.5. The molecule has 0 spiro atoms. The molecule has 0 radical (unpaired) electrons. The zero-order chi connectivity index (χ0) is 23.6. The summed E-state index contributed by atoms with van der Waals surface area (Å²) in [7, 11) is 1.61. The molecule has 33 heavy (non-hydrogen) atoms. The average molecular weight is 465 g/mol. The van der Waals surface area contributed by atoms with E-state index >= 15 is 0 Å². The number of carbonyl (C=O) groups is 2. The first-order chi connectivity index (χ1) is 16.0. The molecule has 0 aliphatic heterocycles. The second kappa shape index (κ2) is 12.1. The largest absolute Gasteiger partial charge is 0.497 e. The minimum atomic E-state index is -0.645. The molecule has 6 heteroatoms. The van der Waals surface area contributed by atoms with Crippen molar-refractivity contribution in [3.63, 3.8) is 0 Å². The number of benzene rings is 3. The molecule has 172 valence electrons. The van der Waals surface area contributed by atoms with Crippen molar-refractivity contribution in [2.45, 2.75) is 32.4 Å². The Morgan fingerprint density at radius 1 is 0.909 bits per heavy atom. The zero-order valence-electron chi connectivity index (χ0n) is 19.0. The van der Waals surface area contributed by atoms with Crippen molar-refractivity contribution < 1.29 is 14.3 Å². The molecule has 5 nitrogen and oxygen atoms in total. The van der Waals surface area contributed by atoms with Crippen LogP contribution >= 0.6 is 11.6 Å². The number of amides is 2. The zero-order valence-corrected chi connectivity index (χ0v) is 19.7. The molecule has 0 aromatic heterocycles. The Morgan fingerprint density at radius 2 is 1.55 bits per heavy atom. The van der Waals surface area contributed by atoms with Gasteiger partial charge in [-0.3, -0.25) is 9.59 Å². The maximum Gasteiger partial charge on any atom is 0.243 e. The smallest absolute Gasteiger partial charge is 0.243 e. The molecule has 1 atom stereocenters. The third kappa shape index (κ3) is 7.09. The summed E-state index contributed by atoms with van der Waals surface area (Å²) in [6.07, 6.45) is 0.608. The monoisotopic (exact) mass is 464 g/mol. The highest BCUT2D eigenvalue weighted by Gasteiger charge is 2.30. The minimum absolute atomic E-state index is 0.123. The van der Waals surface area contributed by atoms with E-state index in [9.17, 15) is 9.59 Å². The number of nitrogens with zero attached hydrogens (tertiary/aromatic N) is 1. The van der Waals surface area contributed by atoms with Crippen LogP contribution in [-0.2, 0) is 29.0 Å². The third-order valence-electron chi connectivity index (χ3n) is 5.40. The Bertz CT molecular complexity index is 1040. The van der Waals surface area contributed by atoms with Crippen molar-refractivity contribution in [2.24, 2.45) is 0 Å². The molecular formula is C27H29ClN2O3. The van der Waals surface area contributed by atoms with Gasteiger partial charge in [0.15, 0.2) is 0 Å². The minimum Gasteiger partial charge on any atom is -0.497 e. The summed E-state index contributed by atoms with van der Waals surface area (Å²) in [4.78, 5) is 28.4. The van der Waals surface area contributed by atoms with Gasteiger partial charge < -0.3 is 15.0 Å². The lowest BCUT2D eigenvalue weighted by Gasteiger charge is -2.31. The first-order valence-corrected chi connectivity index (χ1v) is 11.4. The second-order valence-electron chi connectivity index (χ2n) is 7.77. The number of carbonyl (C=O) groups excluding carboxylic acids is 2. The van der Waals surface area contributed by atoms with Gasteiger partial charge in [0.05, 0.1) is 13.5 Å². The first-order valence-electron chi connectivity index (χ1n) is 11.0. The van der Waals surface area contributed by atoms with Crippen LogP contribution < -0.4 is 10.1 Å². The van der Waals surface area contributed by atoms with Gasteiger partial charge in [-0.1, -0.05) is 66.2 Å². The number of likely N-dealkylation sites (N-methyl/N-ethyl adjacent to an activating group) is 1. The van der Waals surface area contributed by atoms with E-state index in [0.29, 0.717) is 24.5 Å². The number of nitrogens with one attached hydrogen (secondary N) is 1. The van der Waals surface area contributed by atoms with Crippen LogP contribution in [0.2, 0.25) is 5.02 Å². The highest BCUT2D eigenvalue weighted by molar-refractivity contribution is 6.30. The van der Waals surface area contributed by atoms with E-state index in [4.69, 9.17) is 16.3 Å². The molecule has 3 rings (SSSR count). The summed E-state index contributed by atoms with van der Waals surface area (Å²) in [6, 6.07) is 23.9. The van der Waals surface area contributed by atoms with E-state index in [-0.39, 0.29) is 18.2 Å². The van der Waals surface area contributed by atoms with Crippen molar-refractivity contribution in [3.8, 4) is 5.75 Å². The molecule has 3 aromatic rings. The number of hydrogen-bond acceptors (Lipinski definition) is 3. The first kappa shape index (κ1) is 24.3. The molecule has 0 unspecified atom stereocenters. The molecule has 0 aliphatic carbocycles. The van der Waals surface area contributed by atoms with Gasteiger partial charge in [-0.05, 0) is 47.9 Å². The number of methoxy groups -OCH3 is 1. The number of ether oxygens (including phenoxy) is 1. The predicted octanol–water partition coefficient (Wildman–Crippen LogP) is 4.67. The molecule has 2 amide bonds. The van der Waals surface area contributed by atoms with Crippen molar-refractivity contribution in [1.29, 1.82) is 0 Å². The topological polar surface area (TPSA) is 58.6 Å². The van der Waals surface area contributed by atoms with Crippen LogP contribution in [0.15, 0.2) is 78.9 Å². The maximum absolute atomic E-state index is 13.6. The predicted molar refractivity (Wildman–Crippen MR) is 131 cm³/mol. The van der Waals surface area contributed by atoms with Crippen molar-refractivity contribution in [3.05, 3.63) is 101 Å². The van der Waals surface area contributed by atoms with Gasteiger partial charge in [0.25, 0.3) is 0 Å². The standard InChI is InChI=1S/C27H29ClN2O3/c1-3-29-27(32)25(17-20-7-5-4-6-8-20)30(19-22-9-13-23(28)14-10-22)26(31)18-21-11-15-24(33-2)16-12-21/h4-16,25H,3,17-19H2,1-2H3,(H,29,32)/t25-/m1/s1. The van der Waals surface area contributed by atoms with E-state index in [1.165, 1.54) is 0 Å². The number of hydrogen-bond donors (Lipinski definition) is 1. The highest BCUT2D eigenvalue weighted by Crippen LogP contribution is 2.19. The van der Waals surface area contributed by atoms with E-state index in [1.54, 1.807) is 24.1 Å². The van der Waals surface area contributed by atoms with Crippen LogP contribution in [0.4, 0.5) is 0 Å². The summed E-state index contributed by atoms with van der Waals surface area (Å²) in [5, 5.41) is 3.53. The number of rotatable bonds is 10. The van der Waals surface area contributed by atoms with Gasteiger partial charge in [0.2, 0.25) is 11.8 Å². The molecule has 1 N–H and O–H groups in total. The number of halogens is 1. The third-order valence-corrected chi connectivity index (χ3v) is 5.65. The lowest BCUT2D eigenvalue weighted by molar-refractivity contribution is -0.140. The molecule has 0 saturated heterocycles. The van der Waals surface area contributed by atoms with Crippen LogP contribution in [0.5, 0.6) is 5.75 Å². The highest BCUT2D eigenvalue weighted by atomic mass is 35.5. The van der Waals surface area contributed by atoms with Gasteiger partial charge in [-0.25, -0.2) is 0 Å². The Balaban J connectivity index is 1.92. The Hall–Kier alpha value is -3.31. The van der Waals surface area contributed by atoms with Gasteiger partial charge in [-0.15, -0.1) is 0 Å². The van der Waals surface area contributed by atoms with Crippen LogP contribution in [0, 0.1) is 0 Å². The molecule has 0 heterocycles. The molecule has 0 saturated carbocycles. The van der Waals surface area contributed by atoms with Crippen molar-refractivity contribution in [1.82, 2.24) is 10.2 Å². The Kier molecular flexibility index (Phi) is 8.90. The van der Waals surface area contributed by atoms with E-state index in [2.05, 4.69) is 5.32 Å². The van der Waals surface area contributed by atoms with Gasteiger partial charge in [-0.2, -0.15) is 0 Å². The summed E-state index contributed by atoms with van der Waals surface area (Å²) < 4.78 is 5.21. The molecular weight excluding hydrogens is 436 g/mol. The Labute approximate surface area is 200 Å². The van der Waals surface area contributed by atoms with Crippen LogP contribution in [0.3, 0.4) is 0 Å². The fourth-order valence-electron chi connectivity index (χ4n) is 3.65. The average Bonchev–Trinajstić information content (AvgIpc) is 2.83.